The number of nitro groups is 1. The summed E-state index contributed by atoms with van der Waals surface area (Å²) in [5.74, 6) is -0.300. The van der Waals surface area contributed by atoms with Crippen LogP contribution in [-0.2, 0) is 9.53 Å². The maximum absolute atomic E-state index is 13.4. The number of thiophene rings is 1. The summed E-state index contributed by atoms with van der Waals surface area (Å²) >= 11 is 2.67. The highest BCUT2D eigenvalue weighted by atomic mass is 32.1. The molecule has 3 heterocycles. The molecule has 170 valence electrons. The molecule has 33 heavy (non-hydrogen) atoms. The lowest BCUT2D eigenvalue weighted by Crippen LogP contribution is -2.39. The van der Waals surface area contributed by atoms with Gasteiger partial charge in [0.05, 0.1) is 27.3 Å². The standard InChI is InChI=1S/C23H21N3O5S2/c1-13(2)12-31-22(28)19-14(3)24-23-25(20(19)17-5-4-10-32-17)21(27)18(33-23)11-15-6-8-16(9-7-15)26(29)30/h4-11,13,20H,12H2,1-3H3/b18-11+. The molecule has 1 aliphatic heterocycles. The first-order chi connectivity index (χ1) is 15.8. The summed E-state index contributed by atoms with van der Waals surface area (Å²) < 4.78 is 7.46. The van der Waals surface area contributed by atoms with Crippen LogP contribution >= 0.6 is 22.7 Å². The lowest BCUT2D eigenvalue weighted by Gasteiger charge is -2.23. The number of carbonyl (C=O) groups excluding carboxylic acids is 1. The fourth-order valence-corrected chi connectivity index (χ4v) is 5.33. The van der Waals surface area contributed by atoms with E-state index in [9.17, 15) is 19.7 Å². The molecule has 0 amide bonds. The Balaban J connectivity index is 1.83. The lowest BCUT2D eigenvalue weighted by atomic mass is 10.0. The number of fused-ring (bicyclic) bond motifs is 1. The minimum Gasteiger partial charge on any atom is -0.462 e. The average molecular weight is 484 g/mol. The second kappa shape index (κ2) is 9.24. The molecule has 0 fully saturated rings. The average Bonchev–Trinajstić information content (AvgIpc) is 3.40. The van der Waals surface area contributed by atoms with Gasteiger partial charge in [0.25, 0.3) is 11.2 Å². The van der Waals surface area contributed by atoms with Gasteiger partial charge in [0.2, 0.25) is 0 Å². The number of nitrogens with zero attached hydrogens (tertiary/aromatic N) is 3. The van der Waals surface area contributed by atoms with Crippen molar-refractivity contribution in [1.29, 1.82) is 0 Å². The Hall–Kier alpha value is -3.37. The number of allylic oxidation sites excluding steroid dienone is 1. The van der Waals surface area contributed by atoms with Crippen LogP contribution in [0.25, 0.3) is 6.08 Å². The smallest absolute Gasteiger partial charge is 0.338 e. The first-order valence-corrected chi connectivity index (χ1v) is 11.9. The molecule has 4 rings (SSSR count). The first-order valence-electron chi connectivity index (χ1n) is 10.2. The quantitative estimate of drug-likeness (QED) is 0.304. The van der Waals surface area contributed by atoms with Crippen LogP contribution in [0.5, 0.6) is 0 Å². The molecule has 0 saturated carbocycles. The van der Waals surface area contributed by atoms with E-state index in [1.54, 1.807) is 25.1 Å². The van der Waals surface area contributed by atoms with Gasteiger partial charge in [-0.2, -0.15) is 0 Å². The van der Waals surface area contributed by atoms with Crippen molar-refractivity contribution in [3.63, 3.8) is 0 Å². The van der Waals surface area contributed by atoms with Crippen molar-refractivity contribution < 1.29 is 14.5 Å². The summed E-state index contributed by atoms with van der Waals surface area (Å²) in [6.07, 6.45) is 1.68. The Morgan fingerprint density at radius 3 is 2.64 bits per heavy atom. The van der Waals surface area contributed by atoms with Crippen molar-refractivity contribution in [2.75, 3.05) is 6.61 Å². The van der Waals surface area contributed by atoms with Crippen molar-refractivity contribution in [2.24, 2.45) is 10.9 Å². The summed E-state index contributed by atoms with van der Waals surface area (Å²) in [7, 11) is 0. The zero-order valence-corrected chi connectivity index (χ0v) is 19.8. The van der Waals surface area contributed by atoms with Gasteiger partial charge in [-0.3, -0.25) is 19.5 Å². The number of aromatic nitrogens is 1. The van der Waals surface area contributed by atoms with Crippen LogP contribution in [-0.4, -0.2) is 22.1 Å². The van der Waals surface area contributed by atoms with E-state index in [2.05, 4.69) is 4.99 Å². The van der Waals surface area contributed by atoms with Crippen LogP contribution in [0.2, 0.25) is 0 Å². The molecule has 3 aromatic rings. The van der Waals surface area contributed by atoms with Gasteiger partial charge in [-0.15, -0.1) is 11.3 Å². The van der Waals surface area contributed by atoms with E-state index >= 15 is 0 Å². The SMILES string of the molecule is CC1=C(C(=O)OCC(C)C)C(c2cccs2)n2c(s/c(=C/c3ccc([N+](=O)[O-])cc3)c2=O)=N1. The van der Waals surface area contributed by atoms with E-state index in [4.69, 9.17) is 4.74 Å². The molecule has 8 nitrogen and oxygen atoms in total. The Bertz CT molecular complexity index is 1410. The van der Waals surface area contributed by atoms with Crippen molar-refractivity contribution in [3.8, 4) is 0 Å². The topological polar surface area (TPSA) is 104 Å². The van der Waals surface area contributed by atoms with Crippen LogP contribution in [0.3, 0.4) is 0 Å². The van der Waals surface area contributed by atoms with Gasteiger partial charge in [-0.1, -0.05) is 31.3 Å². The zero-order valence-electron chi connectivity index (χ0n) is 18.2. The van der Waals surface area contributed by atoms with E-state index in [-0.39, 0.29) is 23.8 Å². The molecular weight excluding hydrogens is 462 g/mol. The number of hydrogen-bond acceptors (Lipinski definition) is 8. The lowest BCUT2D eigenvalue weighted by molar-refractivity contribution is -0.384. The Morgan fingerprint density at radius 2 is 2.03 bits per heavy atom. The van der Waals surface area contributed by atoms with Gasteiger partial charge in [0.15, 0.2) is 4.80 Å². The van der Waals surface area contributed by atoms with Gasteiger partial charge in [-0.25, -0.2) is 9.79 Å². The Morgan fingerprint density at radius 1 is 1.30 bits per heavy atom. The fraction of sp³-hybridized carbons (Fsp3) is 0.261. The number of benzene rings is 1. The summed E-state index contributed by atoms with van der Waals surface area (Å²) in [5, 5.41) is 12.8. The van der Waals surface area contributed by atoms with Crippen molar-refractivity contribution in [1.82, 2.24) is 4.57 Å². The van der Waals surface area contributed by atoms with Gasteiger partial charge in [0, 0.05) is 17.0 Å². The molecule has 2 aromatic heterocycles. The summed E-state index contributed by atoms with van der Waals surface area (Å²) in [6, 6.07) is 9.10. The molecule has 1 aromatic carbocycles. The highest BCUT2D eigenvalue weighted by molar-refractivity contribution is 7.10. The van der Waals surface area contributed by atoms with E-state index in [0.29, 0.717) is 26.2 Å². The van der Waals surface area contributed by atoms with Gasteiger partial charge in [0.1, 0.15) is 6.04 Å². The molecule has 0 saturated heterocycles. The number of thiazole rings is 1. The van der Waals surface area contributed by atoms with Crippen LogP contribution in [0.15, 0.2) is 62.8 Å². The second-order valence-electron chi connectivity index (χ2n) is 7.94. The molecular formula is C23H21N3O5S2. The minimum atomic E-state index is -0.625. The van der Waals surface area contributed by atoms with Crippen molar-refractivity contribution in [2.45, 2.75) is 26.8 Å². The first kappa shape index (κ1) is 22.8. The van der Waals surface area contributed by atoms with E-state index in [1.807, 2.05) is 31.4 Å². The highest BCUT2D eigenvalue weighted by Gasteiger charge is 2.34. The zero-order chi connectivity index (χ0) is 23.7. The minimum absolute atomic E-state index is 0.0218. The number of esters is 1. The maximum Gasteiger partial charge on any atom is 0.338 e. The third-order valence-electron chi connectivity index (χ3n) is 5.00. The predicted molar refractivity (Wildman–Crippen MR) is 127 cm³/mol. The number of carbonyl (C=O) groups is 1. The predicted octanol–water partition coefficient (Wildman–Crippen LogP) is 3.40. The van der Waals surface area contributed by atoms with Crippen molar-refractivity contribution >= 4 is 40.4 Å². The molecule has 0 N–H and O–H groups in total. The van der Waals surface area contributed by atoms with Gasteiger partial charge < -0.3 is 4.74 Å². The number of hydrogen-bond donors (Lipinski definition) is 0. The highest BCUT2D eigenvalue weighted by Crippen LogP contribution is 2.33. The summed E-state index contributed by atoms with van der Waals surface area (Å²) in [4.78, 5) is 42.8. The monoisotopic (exact) mass is 483 g/mol. The number of ether oxygens (including phenoxy) is 1. The third-order valence-corrected chi connectivity index (χ3v) is 6.91. The molecule has 1 aliphatic rings. The molecule has 1 atom stereocenters. The van der Waals surface area contributed by atoms with E-state index in [0.717, 1.165) is 4.88 Å². The van der Waals surface area contributed by atoms with E-state index in [1.165, 1.54) is 39.4 Å². The molecule has 0 bridgehead atoms. The Labute approximate surface area is 197 Å². The Kier molecular flexibility index (Phi) is 6.39. The van der Waals surface area contributed by atoms with Crippen LogP contribution in [0, 0.1) is 16.0 Å². The normalized spacial score (nSPS) is 16.0. The molecule has 0 spiro atoms. The van der Waals surface area contributed by atoms with Crippen LogP contribution in [0.4, 0.5) is 5.69 Å². The van der Waals surface area contributed by atoms with Gasteiger partial charge in [-0.05, 0) is 48.1 Å². The number of rotatable bonds is 6. The number of non-ortho nitro benzene ring substituents is 1. The fourth-order valence-electron chi connectivity index (χ4n) is 3.46. The van der Waals surface area contributed by atoms with E-state index < -0.39 is 16.9 Å². The van der Waals surface area contributed by atoms with Crippen LogP contribution < -0.4 is 14.9 Å². The van der Waals surface area contributed by atoms with Crippen LogP contribution in [0.1, 0.15) is 37.3 Å². The summed E-state index contributed by atoms with van der Waals surface area (Å²) in [5.41, 5.74) is 1.23. The van der Waals surface area contributed by atoms with Gasteiger partial charge >= 0.3 is 5.97 Å². The number of nitro benzene ring substituents is 1. The third kappa shape index (κ3) is 4.57. The molecule has 0 aliphatic carbocycles. The molecule has 1 unspecified atom stereocenters. The largest absolute Gasteiger partial charge is 0.462 e. The van der Waals surface area contributed by atoms with Crippen molar-refractivity contribution in [3.05, 3.63) is 93.3 Å². The molecule has 0 radical (unpaired) electrons. The maximum atomic E-state index is 13.4. The summed E-state index contributed by atoms with van der Waals surface area (Å²) in [6.45, 7) is 5.94. The second-order valence-corrected chi connectivity index (χ2v) is 9.93. The molecule has 10 heteroatoms.